The first-order chi connectivity index (χ1) is 10.9. The summed E-state index contributed by atoms with van der Waals surface area (Å²) < 4.78 is 18.9. The van der Waals surface area contributed by atoms with Crippen LogP contribution in [0.5, 0.6) is 0 Å². The molecule has 0 atom stereocenters. The number of rotatable bonds is 6. The molecule has 0 saturated heterocycles. The number of hydrogen-bond acceptors (Lipinski definition) is 3. The molecule has 2 aromatic rings. The van der Waals surface area contributed by atoms with Gasteiger partial charge in [0.2, 0.25) is 0 Å². The molecular weight excluding hydrogens is 325 g/mol. The van der Waals surface area contributed by atoms with Gasteiger partial charge >= 0.3 is 5.97 Å². The van der Waals surface area contributed by atoms with Gasteiger partial charge in [0.05, 0.1) is 16.8 Å². The van der Waals surface area contributed by atoms with E-state index in [1.807, 2.05) is 0 Å². The molecule has 0 bridgehead atoms. The lowest BCUT2D eigenvalue weighted by Crippen LogP contribution is -2.27. The first-order valence-corrected chi connectivity index (χ1v) is 7.27. The number of aliphatic carboxylic acids is 1. The van der Waals surface area contributed by atoms with Gasteiger partial charge in [-0.2, -0.15) is 0 Å². The fourth-order valence-electron chi connectivity index (χ4n) is 2.21. The molecule has 1 amide bonds. The minimum atomic E-state index is -1.09. The molecule has 1 heterocycles. The van der Waals surface area contributed by atoms with Crippen molar-refractivity contribution in [2.45, 2.75) is 19.8 Å². The van der Waals surface area contributed by atoms with Gasteiger partial charge in [-0.3, -0.25) is 9.59 Å². The normalized spacial score (nSPS) is 10.6. The molecule has 23 heavy (non-hydrogen) atoms. The van der Waals surface area contributed by atoms with Crippen LogP contribution in [-0.4, -0.2) is 23.5 Å². The van der Waals surface area contributed by atoms with Gasteiger partial charge in [-0.05, 0) is 25.0 Å². The topological polar surface area (TPSA) is 79.5 Å². The number of furan rings is 1. The van der Waals surface area contributed by atoms with Crippen LogP contribution in [0.3, 0.4) is 0 Å². The van der Waals surface area contributed by atoms with Gasteiger partial charge in [0.15, 0.2) is 0 Å². The molecule has 2 N–H and O–H groups in total. The summed E-state index contributed by atoms with van der Waals surface area (Å²) in [7, 11) is 0. The number of carboxylic acid groups (broad SMARTS) is 1. The van der Waals surface area contributed by atoms with Crippen LogP contribution >= 0.6 is 11.6 Å². The van der Waals surface area contributed by atoms with Gasteiger partial charge < -0.3 is 14.8 Å². The number of nitrogens with one attached hydrogen (secondary N) is 1. The summed E-state index contributed by atoms with van der Waals surface area (Å²) in [5, 5.41) is 11.5. The lowest BCUT2D eigenvalue weighted by molar-refractivity contribution is -0.136. The Bertz CT molecular complexity index is 742. The largest absolute Gasteiger partial charge is 0.481 e. The van der Waals surface area contributed by atoms with Gasteiger partial charge in [0.1, 0.15) is 18.0 Å². The molecule has 0 aliphatic heterocycles. The van der Waals surface area contributed by atoms with Crippen LogP contribution < -0.4 is 5.32 Å². The summed E-state index contributed by atoms with van der Waals surface area (Å²) in [6.45, 7) is 1.84. The number of hydrogen-bond donors (Lipinski definition) is 2. The zero-order chi connectivity index (χ0) is 17.0. The van der Waals surface area contributed by atoms with Gasteiger partial charge in [0.25, 0.3) is 5.91 Å². The van der Waals surface area contributed by atoms with Crippen LogP contribution in [-0.2, 0) is 17.6 Å². The number of carboxylic acids is 1. The van der Waals surface area contributed by atoms with Crippen LogP contribution in [0.25, 0.3) is 0 Å². The summed E-state index contributed by atoms with van der Waals surface area (Å²) in [6.07, 6.45) is 1.23. The van der Waals surface area contributed by atoms with Crippen molar-refractivity contribution in [2.24, 2.45) is 0 Å². The highest BCUT2D eigenvalue weighted by Gasteiger charge is 2.20. The first-order valence-electron chi connectivity index (χ1n) is 6.90. The number of halogens is 2. The second kappa shape index (κ2) is 7.28. The smallest absolute Gasteiger partial charge is 0.311 e. The minimum absolute atomic E-state index is 0.0308. The molecule has 0 fully saturated rings. The molecule has 122 valence electrons. The third kappa shape index (κ3) is 4.10. The second-order valence-electron chi connectivity index (χ2n) is 5.01. The maximum Gasteiger partial charge on any atom is 0.311 e. The van der Waals surface area contributed by atoms with Crippen LogP contribution in [0.4, 0.5) is 4.39 Å². The lowest BCUT2D eigenvalue weighted by atomic mass is 10.1. The van der Waals surface area contributed by atoms with Crippen LogP contribution in [0.2, 0.25) is 5.02 Å². The van der Waals surface area contributed by atoms with Crippen molar-refractivity contribution in [3.8, 4) is 0 Å². The molecule has 1 aromatic heterocycles. The molecule has 0 aliphatic rings. The maximum atomic E-state index is 13.7. The van der Waals surface area contributed by atoms with E-state index in [9.17, 15) is 14.0 Å². The number of carbonyl (C=O) groups is 2. The Morgan fingerprint density at radius 3 is 2.83 bits per heavy atom. The molecule has 0 aliphatic carbocycles. The first kappa shape index (κ1) is 17.0. The number of amides is 1. The second-order valence-corrected chi connectivity index (χ2v) is 5.41. The molecule has 1 aromatic carbocycles. The highest BCUT2D eigenvalue weighted by atomic mass is 35.5. The zero-order valence-corrected chi connectivity index (χ0v) is 13.1. The van der Waals surface area contributed by atoms with E-state index in [1.54, 1.807) is 19.1 Å². The maximum absolute atomic E-state index is 13.7. The Labute approximate surface area is 137 Å². The predicted molar refractivity (Wildman–Crippen MR) is 82.2 cm³/mol. The molecule has 7 heteroatoms. The van der Waals surface area contributed by atoms with Gasteiger partial charge in [-0.25, -0.2) is 4.39 Å². The van der Waals surface area contributed by atoms with Crippen LogP contribution in [0, 0.1) is 12.7 Å². The van der Waals surface area contributed by atoms with Crippen molar-refractivity contribution in [3.63, 3.8) is 0 Å². The van der Waals surface area contributed by atoms with Crippen molar-refractivity contribution >= 4 is 23.5 Å². The zero-order valence-electron chi connectivity index (χ0n) is 12.4. The molecule has 0 unspecified atom stereocenters. The van der Waals surface area contributed by atoms with Gasteiger partial charge in [-0.1, -0.05) is 23.7 Å². The quantitative estimate of drug-likeness (QED) is 0.848. The highest BCUT2D eigenvalue weighted by Crippen LogP contribution is 2.19. The third-order valence-corrected chi connectivity index (χ3v) is 3.59. The van der Waals surface area contributed by atoms with E-state index in [-0.39, 0.29) is 35.7 Å². The molecule has 0 saturated carbocycles. The number of aryl methyl sites for hydroxylation is 1. The monoisotopic (exact) mass is 339 g/mol. The molecule has 0 radical (unpaired) electrons. The Balaban J connectivity index is 2.01. The SMILES string of the molecule is Cc1coc(CC(=O)O)c1C(=O)NCCc1cccc(Cl)c1F. The van der Waals surface area contributed by atoms with Crippen molar-refractivity contribution in [1.82, 2.24) is 5.32 Å². The average Bonchev–Trinajstić information content (AvgIpc) is 2.83. The van der Waals surface area contributed by atoms with Crippen molar-refractivity contribution in [1.29, 1.82) is 0 Å². The summed E-state index contributed by atoms with van der Waals surface area (Å²) >= 11 is 5.70. The summed E-state index contributed by atoms with van der Waals surface area (Å²) in [5.74, 6) is -1.94. The van der Waals surface area contributed by atoms with Gasteiger partial charge in [-0.15, -0.1) is 0 Å². The number of benzene rings is 1. The third-order valence-electron chi connectivity index (χ3n) is 3.30. The minimum Gasteiger partial charge on any atom is -0.481 e. The Hall–Kier alpha value is -2.34. The lowest BCUT2D eigenvalue weighted by Gasteiger charge is -2.07. The summed E-state index contributed by atoms with van der Waals surface area (Å²) in [6, 6.07) is 4.67. The van der Waals surface area contributed by atoms with E-state index < -0.39 is 17.7 Å². The highest BCUT2D eigenvalue weighted by molar-refractivity contribution is 6.30. The summed E-state index contributed by atoms with van der Waals surface area (Å²) in [5.41, 5.74) is 1.15. The van der Waals surface area contributed by atoms with Crippen molar-refractivity contribution < 1.29 is 23.5 Å². The Morgan fingerprint density at radius 1 is 1.39 bits per heavy atom. The van der Waals surface area contributed by atoms with Crippen molar-refractivity contribution in [2.75, 3.05) is 6.54 Å². The van der Waals surface area contributed by atoms with E-state index in [2.05, 4.69) is 5.32 Å². The predicted octanol–water partition coefficient (Wildman–Crippen LogP) is 2.98. The summed E-state index contributed by atoms with van der Waals surface area (Å²) in [4.78, 5) is 23.0. The Kier molecular flexibility index (Phi) is 5.39. The average molecular weight is 340 g/mol. The number of carbonyl (C=O) groups excluding carboxylic acids is 1. The van der Waals surface area contributed by atoms with E-state index in [4.69, 9.17) is 21.1 Å². The molecule has 2 rings (SSSR count). The van der Waals surface area contributed by atoms with Crippen LogP contribution in [0.15, 0.2) is 28.9 Å². The molecular formula is C16H15ClFNO4. The van der Waals surface area contributed by atoms with E-state index in [1.165, 1.54) is 12.3 Å². The molecule has 5 nitrogen and oxygen atoms in total. The Morgan fingerprint density at radius 2 is 2.13 bits per heavy atom. The van der Waals surface area contributed by atoms with Gasteiger partial charge in [0, 0.05) is 12.1 Å². The fourth-order valence-corrected chi connectivity index (χ4v) is 2.41. The van der Waals surface area contributed by atoms with Crippen LogP contribution in [0.1, 0.15) is 27.2 Å². The van der Waals surface area contributed by atoms with Crippen molar-refractivity contribution in [3.05, 3.63) is 57.8 Å². The van der Waals surface area contributed by atoms with E-state index in [0.717, 1.165) is 0 Å². The molecule has 0 spiro atoms. The fraction of sp³-hybridized carbons (Fsp3) is 0.250. The van der Waals surface area contributed by atoms with E-state index >= 15 is 0 Å². The van der Waals surface area contributed by atoms with E-state index in [0.29, 0.717) is 11.1 Å². The standard InChI is InChI=1S/C16H15ClFNO4/c1-9-8-23-12(7-13(20)21)14(9)16(22)19-6-5-10-3-2-4-11(17)15(10)18/h2-4,8H,5-7H2,1H3,(H,19,22)(H,20,21).